The molecule has 1 heterocycles. The fraction of sp³-hybridized carbons (Fsp3) is 0. The van der Waals surface area contributed by atoms with E-state index in [9.17, 15) is 4.79 Å². The van der Waals surface area contributed by atoms with Gasteiger partial charge in [-0.25, -0.2) is 4.79 Å². The summed E-state index contributed by atoms with van der Waals surface area (Å²) in [5, 5.41) is 1.84. The maximum atomic E-state index is 11.8. The first kappa shape index (κ1) is 13.4. The highest BCUT2D eigenvalue weighted by atomic mass is 32.1. The van der Waals surface area contributed by atoms with Gasteiger partial charge in [0.2, 0.25) is 0 Å². The van der Waals surface area contributed by atoms with Crippen molar-refractivity contribution in [2.24, 2.45) is 0 Å². The van der Waals surface area contributed by atoms with Crippen LogP contribution in [-0.4, -0.2) is 5.97 Å². The van der Waals surface area contributed by atoms with Crippen LogP contribution < -0.4 is 9.47 Å². The molecule has 0 saturated carbocycles. The van der Waals surface area contributed by atoms with Crippen molar-refractivity contribution in [2.45, 2.75) is 0 Å². The number of thiophene rings is 1. The molecule has 0 saturated heterocycles. The molecule has 1 aromatic heterocycles. The molecule has 0 aliphatic carbocycles. The number of rotatable bonds is 4. The molecule has 0 N–H and O–H groups in total. The maximum Gasteiger partial charge on any atom is 0.353 e. The Morgan fingerprint density at radius 3 is 2.10 bits per heavy atom. The highest BCUT2D eigenvalue weighted by Gasteiger charge is 2.09. The third kappa shape index (κ3) is 3.49. The number of hydrogen-bond donors (Lipinski definition) is 0. The van der Waals surface area contributed by atoms with Crippen molar-refractivity contribution in [2.75, 3.05) is 0 Å². The van der Waals surface area contributed by atoms with E-state index >= 15 is 0 Å². The number of ether oxygens (including phenoxy) is 2. The van der Waals surface area contributed by atoms with E-state index in [1.165, 1.54) is 11.3 Å². The quantitative estimate of drug-likeness (QED) is 0.514. The predicted octanol–water partition coefficient (Wildman–Crippen LogP) is 4.76. The zero-order valence-corrected chi connectivity index (χ0v) is 11.9. The highest BCUT2D eigenvalue weighted by Crippen LogP contribution is 2.24. The summed E-state index contributed by atoms with van der Waals surface area (Å²) in [6, 6.07) is 20.0. The van der Waals surface area contributed by atoms with Gasteiger partial charge in [-0.15, -0.1) is 11.3 Å². The van der Waals surface area contributed by atoms with Gasteiger partial charge in [-0.2, -0.15) is 0 Å². The van der Waals surface area contributed by atoms with Crippen molar-refractivity contribution in [3.05, 3.63) is 77.0 Å². The molecule has 0 aliphatic heterocycles. The summed E-state index contributed by atoms with van der Waals surface area (Å²) in [6.07, 6.45) is 0. The summed E-state index contributed by atoms with van der Waals surface area (Å²) in [5.41, 5.74) is 0. The SMILES string of the molecule is O=C(Oc1ccc(Oc2ccccc2)cc1)c1cccs1. The van der Waals surface area contributed by atoms with E-state index in [1.54, 1.807) is 30.3 Å². The lowest BCUT2D eigenvalue weighted by Gasteiger charge is -2.06. The number of carbonyl (C=O) groups excluding carboxylic acids is 1. The van der Waals surface area contributed by atoms with E-state index in [0.29, 0.717) is 16.4 Å². The van der Waals surface area contributed by atoms with Crippen LogP contribution in [0, 0.1) is 0 Å². The third-order valence-corrected chi connectivity index (χ3v) is 3.59. The molecule has 0 radical (unpaired) electrons. The van der Waals surface area contributed by atoms with Crippen LogP contribution in [0.5, 0.6) is 17.2 Å². The summed E-state index contributed by atoms with van der Waals surface area (Å²) in [6.45, 7) is 0. The van der Waals surface area contributed by atoms with Crippen LogP contribution >= 0.6 is 11.3 Å². The monoisotopic (exact) mass is 296 g/mol. The summed E-state index contributed by atoms with van der Waals surface area (Å²) in [4.78, 5) is 12.4. The van der Waals surface area contributed by atoms with Crippen LogP contribution in [0.15, 0.2) is 72.1 Å². The largest absolute Gasteiger partial charge is 0.457 e. The van der Waals surface area contributed by atoms with Gasteiger partial charge in [0.05, 0.1) is 0 Å². The van der Waals surface area contributed by atoms with Crippen LogP contribution in [0.4, 0.5) is 0 Å². The fourth-order valence-corrected chi connectivity index (χ4v) is 2.35. The zero-order valence-electron chi connectivity index (χ0n) is 11.1. The van der Waals surface area contributed by atoms with Crippen molar-refractivity contribution in [1.82, 2.24) is 0 Å². The summed E-state index contributed by atoms with van der Waals surface area (Å²) in [5.74, 6) is 1.61. The molecular weight excluding hydrogens is 284 g/mol. The minimum absolute atomic E-state index is 0.346. The van der Waals surface area contributed by atoms with Gasteiger partial charge in [0.15, 0.2) is 0 Å². The van der Waals surface area contributed by atoms with Crippen LogP contribution in [0.1, 0.15) is 9.67 Å². The molecule has 0 fully saturated rings. The Bertz CT molecular complexity index is 704. The lowest BCUT2D eigenvalue weighted by atomic mass is 10.3. The number of esters is 1. The second-order valence-electron chi connectivity index (χ2n) is 4.25. The van der Waals surface area contributed by atoms with E-state index in [0.717, 1.165) is 5.75 Å². The van der Waals surface area contributed by atoms with E-state index in [-0.39, 0.29) is 5.97 Å². The molecule has 21 heavy (non-hydrogen) atoms. The van der Waals surface area contributed by atoms with Crippen molar-refractivity contribution >= 4 is 17.3 Å². The Hall–Kier alpha value is -2.59. The van der Waals surface area contributed by atoms with Crippen molar-refractivity contribution < 1.29 is 14.3 Å². The fourth-order valence-electron chi connectivity index (χ4n) is 1.75. The van der Waals surface area contributed by atoms with Gasteiger partial charge in [-0.3, -0.25) is 0 Å². The third-order valence-electron chi connectivity index (χ3n) is 2.74. The predicted molar refractivity (Wildman–Crippen MR) is 82.2 cm³/mol. The van der Waals surface area contributed by atoms with Gasteiger partial charge < -0.3 is 9.47 Å². The first-order chi connectivity index (χ1) is 10.3. The Morgan fingerprint density at radius 2 is 1.43 bits per heavy atom. The van der Waals surface area contributed by atoms with Gasteiger partial charge in [0.25, 0.3) is 0 Å². The Balaban J connectivity index is 1.65. The molecule has 0 bridgehead atoms. The summed E-state index contributed by atoms with van der Waals surface area (Å²) in [7, 11) is 0. The number of benzene rings is 2. The van der Waals surface area contributed by atoms with Crippen molar-refractivity contribution in [3.63, 3.8) is 0 Å². The molecular formula is C17H12O3S. The van der Waals surface area contributed by atoms with Gasteiger partial charge in [-0.05, 0) is 47.8 Å². The van der Waals surface area contributed by atoms with E-state index in [4.69, 9.17) is 9.47 Å². The van der Waals surface area contributed by atoms with E-state index < -0.39 is 0 Å². The van der Waals surface area contributed by atoms with Crippen LogP contribution in [0.3, 0.4) is 0 Å². The van der Waals surface area contributed by atoms with Gasteiger partial charge in [0, 0.05) is 0 Å². The second kappa shape index (κ2) is 6.24. The smallest absolute Gasteiger partial charge is 0.353 e. The van der Waals surface area contributed by atoms with Gasteiger partial charge in [-0.1, -0.05) is 24.3 Å². The molecule has 0 amide bonds. The molecule has 0 unspecified atom stereocenters. The molecule has 2 aromatic carbocycles. The van der Waals surface area contributed by atoms with Crippen molar-refractivity contribution in [1.29, 1.82) is 0 Å². The average Bonchev–Trinajstić information content (AvgIpc) is 3.05. The first-order valence-electron chi connectivity index (χ1n) is 6.40. The summed E-state index contributed by atoms with van der Waals surface area (Å²) < 4.78 is 11.0. The summed E-state index contributed by atoms with van der Waals surface area (Å²) >= 11 is 1.36. The minimum Gasteiger partial charge on any atom is -0.457 e. The molecule has 0 atom stereocenters. The normalized spacial score (nSPS) is 10.1. The number of carbonyl (C=O) groups is 1. The topological polar surface area (TPSA) is 35.5 Å². The molecule has 3 aromatic rings. The highest BCUT2D eigenvalue weighted by molar-refractivity contribution is 7.12. The zero-order chi connectivity index (χ0) is 14.5. The van der Waals surface area contributed by atoms with Crippen LogP contribution in [0.2, 0.25) is 0 Å². The molecule has 3 rings (SSSR count). The van der Waals surface area contributed by atoms with Crippen molar-refractivity contribution in [3.8, 4) is 17.2 Å². The molecule has 0 spiro atoms. The number of para-hydroxylation sites is 1. The number of hydrogen-bond acceptors (Lipinski definition) is 4. The van der Waals surface area contributed by atoms with E-state index in [2.05, 4.69) is 0 Å². The molecule has 104 valence electrons. The average molecular weight is 296 g/mol. The molecule has 4 heteroatoms. The first-order valence-corrected chi connectivity index (χ1v) is 7.28. The Kier molecular flexibility index (Phi) is 3.98. The maximum absolute atomic E-state index is 11.8. The minimum atomic E-state index is -0.346. The van der Waals surface area contributed by atoms with Gasteiger partial charge in [0.1, 0.15) is 22.1 Å². The lowest BCUT2D eigenvalue weighted by molar-refractivity contribution is 0.0739. The van der Waals surface area contributed by atoms with Crippen LogP contribution in [-0.2, 0) is 0 Å². The second-order valence-corrected chi connectivity index (χ2v) is 5.20. The van der Waals surface area contributed by atoms with Gasteiger partial charge >= 0.3 is 5.97 Å². The van der Waals surface area contributed by atoms with E-state index in [1.807, 2.05) is 41.8 Å². The molecule has 3 nitrogen and oxygen atoms in total. The Labute approximate surface area is 126 Å². The molecule has 0 aliphatic rings. The Morgan fingerprint density at radius 1 is 0.762 bits per heavy atom. The van der Waals surface area contributed by atoms with Crippen LogP contribution in [0.25, 0.3) is 0 Å². The standard InChI is InChI=1S/C17H12O3S/c18-17(16-7-4-12-21-16)20-15-10-8-14(9-11-15)19-13-5-2-1-3-6-13/h1-12H. The lowest BCUT2D eigenvalue weighted by Crippen LogP contribution is -2.05.